The van der Waals surface area contributed by atoms with Crippen LogP contribution in [-0.2, 0) is 0 Å². The topological polar surface area (TPSA) is 84.1 Å². The molecule has 4 N–H and O–H groups in total. The lowest BCUT2D eigenvalue weighted by atomic mass is 10.1. The van der Waals surface area contributed by atoms with E-state index in [0.717, 1.165) is 10.9 Å². The summed E-state index contributed by atoms with van der Waals surface area (Å²) in [6.07, 6.45) is 0. The molecule has 0 saturated heterocycles. The molecule has 5 nitrogen and oxygen atoms in total. The second kappa shape index (κ2) is 7.25. The van der Waals surface area contributed by atoms with E-state index in [1.165, 1.54) is 0 Å². The Morgan fingerprint density at radius 2 is 1.92 bits per heavy atom. The summed E-state index contributed by atoms with van der Waals surface area (Å²) in [5.41, 5.74) is 7.47. The van der Waals surface area contributed by atoms with Gasteiger partial charge in [-0.2, -0.15) is 0 Å². The predicted octanol–water partition coefficient (Wildman–Crippen LogP) is 4.05. The third-order valence-electron chi connectivity index (χ3n) is 4.16. The molecule has 0 aliphatic rings. The Bertz CT molecular complexity index is 898. The summed E-state index contributed by atoms with van der Waals surface area (Å²) in [6.45, 7) is 4.74. The lowest BCUT2D eigenvalue weighted by Crippen LogP contribution is -2.34. The van der Waals surface area contributed by atoms with E-state index >= 15 is 0 Å². The van der Waals surface area contributed by atoms with Gasteiger partial charge in [-0.05, 0) is 36.2 Å². The molecule has 0 radical (unpaired) electrons. The molecule has 3 rings (SSSR count). The van der Waals surface area contributed by atoms with Crippen molar-refractivity contribution in [3.05, 3.63) is 47.5 Å². The first-order valence-corrected chi connectivity index (χ1v) is 8.58. The third-order valence-corrected chi connectivity index (χ3v) is 4.40. The number of phenolic OH excluding ortho intramolecular Hbond substituents is 1. The van der Waals surface area contributed by atoms with Gasteiger partial charge in [-0.15, -0.1) is 0 Å². The zero-order valence-corrected chi connectivity index (χ0v) is 15.0. The Balaban J connectivity index is 2.09. The van der Waals surface area contributed by atoms with Crippen molar-refractivity contribution in [1.29, 1.82) is 0 Å². The Morgan fingerprint density at radius 3 is 2.64 bits per heavy atom. The second-order valence-corrected chi connectivity index (χ2v) is 6.80. The molecule has 0 spiro atoms. The van der Waals surface area contributed by atoms with Gasteiger partial charge in [-0.25, -0.2) is 9.97 Å². The Kier molecular flexibility index (Phi) is 5.06. The molecule has 0 aliphatic heterocycles. The van der Waals surface area contributed by atoms with Crippen LogP contribution in [-0.4, -0.2) is 27.7 Å². The number of nitrogens with zero attached hydrogens (tertiary/aromatic N) is 2. The largest absolute Gasteiger partial charge is 0.507 e. The van der Waals surface area contributed by atoms with Crippen LogP contribution in [0.5, 0.6) is 5.75 Å². The van der Waals surface area contributed by atoms with Gasteiger partial charge in [0.1, 0.15) is 11.6 Å². The zero-order chi connectivity index (χ0) is 18.0. The maximum Gasteiger partial charge on any atom is 0.165 e. The van der Waals surface area contributed by atoms with Crippen LogP contribution in [0.3, 0.4) is 0 Å². The number of para-hydroxylation sites is 1. The minimum Gasteiger partial charge on any atom is -0.507 e. The number of fused-ring (bicyclic) bond motifs is 1. The summed E-state index contributed by atoms with van der Waals surface area (Å²) in [5, 5.41) is 14.9. The summed E-state index contributed by atoms with van der Waals surface area (Å²) >= 11 is 6.14. The third kappa shape index (κ3) is 3.83. The molecular formula is C19H21ClN4O. The van der Waals surface area contributed by atoms with Crippen LogP contribution in [0, 0.1) is 5.92 Å². The van der Waals surface area contributed by atoms with Gasteiger partial charge in [0.15, 0.2) is 5.82 Å². The van der Waals surface area contributed by atoms with Crippen LogP contribution < -0.4 is 11.1 Å². The average Bonchev–Trinajstić information content (AvgIpc) is 2.59. The van der Waals surface area contributed by atoms with E-state index in [-0.39, 0.29) is 11.8 Å². The minimum atomic E-state index is -0.00206. The second-order valence-electron chi connectivity index (χ2n) is 6.36. The maximum absolute atomic E-state index is 10.1. The number of benzene rings is 2. The van der Waals surface area contributed by atoms with E-state index in [0.29, 0.717) is 34.7 Å². The van der Waals surface area contributed by atoms with Crippen LogP contribution in [0.2, 0.25) is 5.02 Å². The number of aromatic hydroxyl groups is 1. The van der Waals surface area contributed by atoms with Gasteiger partial charge >= 0.3 is 0 Å². The van der Waals surface area contributed by atoms with Gasteiger partial charge in [-0.3, -0.25) is 0 Å². The highest BCUT2D eigenvalue weighted by Crippen LogP contribution is 2.31. The number of nitrogens with one attached hydrogen (secondary N) is 1. The Hall–Kier alpha value is -2.37. The monoisotopic (exact) mass is 356 g/mol. The van der Waals surface area contributed by atoms with Crippen LogP contribution >= 0.6 is 11.6 Å². The van der Waals surface area contributed by atoms with Crippen LogP contribution in [0.1, 0.15) is 13.8 Å². The number of rotatable bonds is 5. The van der Waals surface area contributed by atoms with Crippen LogP contribution in [0.25, 0.3) is 22.3 Å². The number of anilines is 1. The van der Waals surface area contributed by atoms with E-state index in [9.17, 15) is 5.11 Å². The van der Waals surface area contributed by atoms with E-state index in [1.54, 1.807) is 24.3 Å². The van der Waals surface area contributed by atoms with Gasteiger partial charge in [0.25, 0.3) is 0 Å². The summed E-state index contributed by atoms with van der Waals surface area (Å²) in [4.78, 5) is 9.18. The lowest BCUT2D eigenvalue weighted by Gasteiger charge is -2.18. The molecular weight excluding hydrogens is 336 g/mol. The molecule has 0 amide bonds. The van der Waals surface area contributed by atoms with Crippen LogP contribution in [0.15, 0.2) is 42.5 Å². The van der Waals surface area contributed by atoms with Crippen molar-refractivity contribution in [2.75, 3.05) is 11.9 Å². The number of phenols is 1. The fourth-order valence-electron chi connectivity index (χ4n) is 2.47. The molecule has 0 aliphatic carbocycles. The molecule has 1 unspecified atom stereocenters. The van der Waals surface area contributed by atoms with Gasteiger partial charge in [0.05, 0.1) is 11.1 Å². The summed E-state index contributed by atoms with van der Waals surface area (Å²) < 4.78 is 0. The van der Waals surface area contributed by atoms with Crippen molar-refractivity contribution in [1.82, 2.24) is 9.97 Å². The number of hydrogen-bond acceptors (Lipinski definition) is 5. The van der Waals surface area contributed by atoms with Crippen molar-refractivity contribution in [3.8, 4) is 17.1 Å². The zero-order valence-electron chi connectivity index (χ0n) is 14.2. The molecule has 0 fully saturated rings. The standard InChI is InChI=1S/C19H21ClN4O/c1-11(2)15(21)10-22-18-14-9-12(20)7-8-16(14)23-19(24-18)13-5-3-4-6-17(13)25/h3-9,11,15,25H,10,21H2,1-2H3,(H,22,23,24). The Labute approximate surface area is 151 Å². The van der Waals surface area contributed by atoms with Gasteiger partial charge in [-0.1, -0.05) is 37.6 Å². The number of hydrogen-bond donors (Lipinski definition) is 3. The summed E-state index contributed by atoms with van der Waals surface area (Å²) in [5.74, 6) is 1.60. The highest BCUT2D eigenvalue weighted by atomic mass is 35.5. The van der Waals surface area contributed by atoms with E-state index in [2.05, 4.69) is 29.1 Å². The molecule has 6 heteroatoms. The molecule has 3 aromatic rings. The molecule has 130 valence electrons. The normalized spacial score (nSPS) is 12.5. The fraction of sp³-hybridized carbons (Fsp3) is 0.263. The molecule has 0 bridgehead atoms. The van der Waals surface area contributed by atoms with Crippen molar-refractivity contribution in [2.45, 2.75) is 19.9 Å². The maximum atomic E-state index is 10.1. The molecule has 1 atom stereocenters. The van der Waals surface area contributed by atoms with Crippen molar-refractivity contribution in [2.24, 2.45) is 11.7 Å². The smallest absolute Gasteiger partial charge is 0.165 e. The summed E-state index contributed by atoms with van der Waals surface area (Å²) in [7, 11) is 0. The molecule has 25 heavy (non-hydrogen) atoms. The fourth-order valence-corrected chi connectivity index (χ4v) is 2.64. The highest BCUT2D eigenvalue weighted by molar-refractivity contribution is 6.31. The van der Waals surface area contributed by atoms with E-state index in [1.807, 2.05) is 18.2 Å². The first-order valence-electron chi connectivity index (χ1n) is 8.21. The number of halogens is 1. The average molecular weight is 357 g/mol. The SMILES string of the molecule is CC(C)C(N)CNc1nc(-c2ccccc2O)nc2ccc(Cl)cc12. The first kappa shape index (κ1) is 17.5. The lowest BCUT2D eigenvalue weighted by molar-refractivity contribution is 0.477. The number of aromatic nitrogens is 2. The Morgan fingerprint density at radius 1 is 1.16 bits per heavy atom. The van der Waals surface area contributed by atoms with Crippen molar-refractivity contribution in [3.63, 3.8) is 0 Å². The van der Waals surface area contributed by atoms with Crippen LogP contribution in [0.4, 0.5) is 5.82 Å². The van der Waals surface area contributed by atoms with Crippen molar-refractivity contribution >= 4 is 28.3 Å². The van der Waals surface area contributed by atoms with E-state index < -0.39 is 0 Å². The predicted molar refractivity (Wildman–Crippen MR) is 103 cm³/mol. The molecule has 0 saturated carbocycles. The molecule has 2 aromatic carbocycles. The highest BCUT2D eigenvalue weighted by Gasteiger charge is 2.14. The molecule has 1 aromatic heterocycles. The van der Waals surface area contributed by atoms with Gasteiger partial charge in [0, 0.05) is 23.0 Å². The first-order chi connectivity index (χ1) is 12.0. The van der Waals surface area contributed by atoms with E-state index in [4.69, 9.17) is 17.3 Å². The summed E-state index contributed by atoms with van der Waals surface area (Å²) in [6, 6.07) is 12.5. The minimum absolute atomic E-state index is 0.00206. The quantitative estimate of drug-likeness (QED) is 0.642. The number of nitrogens with two attached hydrogens (primary N) is 1. The van der Waals surface area contributed by atoms with Crippen molar-refractivity contribution < 1.29 is 5.11 Å². The van der Waals surface area contributed by atoms with Gasteiger partial charge < -0.3 is 16.2 Å². The molecule has 1 heterocycles. The van der Waals surface area contributed by atoms with Gasteiger partial charge in [0.2, 0.25) is 0 Å².